The molecule has 0 radical (unpaired) electrons. The molecular formula is C15H11NO2. The fourth-order valence-electron chi connectivity index (χ4n) is 1.55. The molecule has 0 atom stereocenters. The first kappa shape index (κ1) is 11.9. The Morgan fingerprint density at radius 1 is 1.11 bits per heavy atom. The molecule has 18 heavy (non-hydrogen) atoms. The van der Waals surface area contributed by atoms with E-state index in [-0.39, 0.29) is 0 Å². The van der Waals surface area contributed by atoms with Gasteiger partial charge in [0.1, 0.15) is 17.8 Å². The highest BCUT2D eigenvalue weighted by atomic mass is 16.5. The van der Waals surface area contributed by atoms with Crippen molar-refractivity contribution in [2.45, 2.75) is 6.42 Å². The molecular weight excluding hydrogens is 226 g/mol. The molecule has 2 rings (SSSR count). The van der Waals surface area contributed by atoms with Crippen LogP contribution in [0.25, 0.3) is 0 Å². The highest BCUT2D eigenvalue weighted by Crippen LogP contribution is 2.22. The zero-order chi connectivity index (χ0) is 12.8. The summed E-state index contributed by atoms with van der Waals surface area (Å²) in [6.07, 6.45) is 1.17. The average Bonchev–Trinajstić information content (AvgIpc) is 2.42. The van der Waals surface area contributed by atoms with E-state index in [2.05, 4.69) is 6.07 Å². The molecule has 0 spiro atoms. The highest BCUT2D eigenvalue weighted by Gasteiger charge is 1.99. The molecule has 2 aromatic rings. The number of benzene rings is 2. The molecule has 0 unspecified atom stereocenters. The van der Waals surface area contributed by atoms with Gasteiger partial charge in [0.05, 0.1) is 12.5 Å². The van der Waals surface area contributed by atoms with E-state index in [0.29, 0.717) is 23.5 Å². The van der Waals surface area contributed by atoms with E-state index in [9.17, 15) is 4.79 Å². The Labute approximate surface area is 105 Å². The minimum atomic E-state index is 0.390. The van der Waals surface area contributed by atoms with Crippen molar-refractivity contribution < 1.29 is 9.53 Å². The maximum Gasteiger partial charge on any atom is 0.150 e. The van der Waals surface area contributed by atoms with Crippen molar-refractivity contribution in [3.05, 3.63) is 59.7 Å². The summed E-state index contributed by atoms with van der Waals surface area (Å²) in [6.45, 7) is 0. The van der Waals surface area contributed by atoms with E-state index < -0.39 is 0 Å². The van der Waals surface area contributed by atoms with Crippen LogP contribution in [0.1, 0.15) is 15.9 Å². The summed E-state index contributed by atoms with van der Waals surface area (Å²) in [5.74, 6) is 1.30. The lowest BCUT2D eigenvalue weighted by Gasteiger charge is -2.06. The Hall–Kier alpha value is -2.60. The average molecular weight is 237 g/mol. The number of nitrogens with zero attached hydrogens (tertiary/aromatic N) is 1. The first-order valence-electron chi connectivity index (χ1n) is 5.51. The smallest absolute Gasteiger partial charge is 0.150 e. The van der Waals surface area contributed by atoms with Gasteiger partial charge >= 0.3 is 0 Å². The van der Waals surface area contributed by atoms with Crippen molar-refractivity contribution in [1.82, 2.24) is 0 Å². The number of aldehydes is 1. The lowest BCUT2D eigenvalue weighted by Crippen LogP contribution is -1.87. The molecule has 0 heterocycles. The van der Waals surface area contributed by atoms with Crippen LogP contribution in [0.2, 0.25) is 0 Å². The standard InChI is InChI=1S/C15H11NO2/c16-9-8-12-4-6-14(7-5-12)18-15-3-1-2-13(10-15)11-17/h1-7,10-11H,8H2. The minimum Gasteiger partial charge on any atom is -0.457 e. The third-order valence-corrected chi connectivity index (χ3v) is 2.44. The van der Waals surface area contributed by atoms with Crippen LogP contribution < -0.4 is 4.74 Å². The van der Waals surface area contributed by atoms with Crippen molar-refractivity contribution in [1.29, 1.82) is 5.26 Å². The lowest BCUT2D eigenvalue weighted by atomic mass is 10.1. The summed E-state index contributed by atoms with van der Waals surface area (Å²) < 4.78 is 5.61. The lowest BCUT2D eigenvalue weighted by molar-refractivity contribution is 0.112. The Morgan fingerprint density at radius 2 is 1.89 bits per heavy atom. The first-order valence-corrected chi connectivity index (χ1v) is 5.51. The Bertz CT molecular complexity index is 582. The molecule has 0 bridgehead atoms. The molecule has 0 amide bonds. The molecule has 0 saturated heterocycles. The van der Waals surface area contributed by atoms with Crippen LogP contribution in [0, 0.1) is 11.3 Å². The molecule has 88 valence electrons. The monoisotopic (exact) mass is 237 g/mol. The van der Waals surface area contributed by atoms with E-state index in [1.54, 1.807) is 36.4 Å². The molecule has 0 aliphatic rings. The molecule has 2 aromatic carbocycles. The van der Waals surface area contributed by atoms with Gasteiger partial charge in [-0.3, -0.25) is 4.79 Å². The molecule has 0 fully saturated rings. The van der Waals surface area contributed by atoms with Crippen molar-refractivity contribution in [2.75, 3.05) is 0 Å². The molecule has 0 N–H and O–H groups in total. The second-order valence-corrected chi connectivity index (χ2v) is 3.77. The summed E-state index contributed by atoms with van der Waals surface area (Å²) in [7, 11) is 0. The second kappa shape index (κ2) is 5.65. The summed E-state index contributed by atoms with van der Waals surface area (Å²) in [4.78, 5) is 10.6. The van der Waals surface area contributed by atoms with E-state index in [0.717, 1.165) is 11.8 Å². The third kappa shape index (κ3) is 2.96. The van der Waals surface area contributed by atoms with Gasteiger partial charge in [-0.2, -0.15) is 5.26 Å². The van der Waals surface area contributed by atoms with Crippen molar-refractivity contribution in [2.24, 2.45) is 0 Å². The topological polar surface area (TPSA) is 50.1 Å². The molecule has 3 nitrogen and oxygen atoms in total. The van der Waals surface area contributed by atoms with Crippen LogP contribution in [0.5, 0.6) is 11.5 Å². The van der Waals surface area contributed by atoms with E-state index in [1.807, 2.05) is 12.1 Å². The van der Waals surface area contributed by atoms with Crippen LogP contribution in [0.3, 0.4) is 0 Å². The fourth-order valence-corrected chi connectivity index (χ4v) is 1.55. The first-order chi connectivity index (χ1) is 8.81. The van der Waals surface area contributed by atoms with Gasteiger partial charge in [-0.1, -0.05) is 24.3 Å². The largest absolute Gasteiger partial charge is 0.457 e. The predicted molar refractivity (Wildman–Crippen MR) is 67.7 cm³/mol. The third-order valence-electron chi connectivity index (χ3n) is 2.44. The van der Waals surface area contributed by atoms with Gasteiger partial charge in [-0.25, -0.2) is 0 Å². The van der Waals surface area contributed by atoms with Gasteiger partial charge in [0, 0.05) is 5.56 Å². The summed E-state index contributed by atoms with van der Waals surface area (Å²) in [5.41, 5.74) is 1.53. The fraction of sp³-hybridized carbons (Fsp3) is 0.0667. The maximum absolute atomic E-state index is 10.6. The summed E-state index contributed by atoms with van der Waals surface area (Å²) in [6, 6.07) is 16.3. The Morgan fingerprint density at radius 3 is 2.56 bits per heavy atom. The Kier molecular flexibility index (Phi) is 3.72. The number of carbonyl (C=O) groups is 1. The zero-order valence-electron chi connectivity index (χ0n) is 9.67. The van der Waals surface area contributed by atoms with Gasteiger partial charge < -0.3 is 4.74 Å². The number of hydrogen-bond donors (Lipinski definition) is 0. The Balaban J connectivity index is 2.13. The van der Waals surface area contributed by atoms with Crippen molar-refractivity contribution in [3.8, 4) is 17.6 Å². The highest BCUT2D eigenvalue weighted by molar-refractivity contribution is 5.75. The number of hydrogen-bond acceptors (Lipinski definition) is 3. The van der Waals surface area contributed by atoms with Crippen LogP contribution >= 0.6 is 0 Å². The number of carbonyl (C=O) groups excluding carboxylic acids is 1. The van der Waals surface area contributed by atoms with E-state index >= 15 is 0 Å². The quantitative estimate of drug-likeness (QED) is 0.766. The molecule has 0 aliphatic carbocycles. The van der Waals surface area contributed by atoms with Gasteiger partial charge in [0.15, 0.2) is 0 Å². The number of ether oxygens (including phenoxy) is 1. The predicted octanol–water partition coefficient (Wildman–Crippen LogP) is 3.36. The zero-order valence-corrected chi connectivity index (χ0v) is 9.67. The van der Waals surface area contributed by atoms with Crippen LogP contribution in [-0.2, 0) is 6.42 Å². The van der Waals surface area contributed by atoms with Gasteiger partial charge in [0.2, 0.25) is 0 Å². The van der Waals surface area contributed by atoms with Crippen LogP contribution in [0.4, 0.5) is 0 Å². The second-order valence-electron chi connectivity index (χ2n) is 3.77. The maximum atomic E-state index is 10.6. The molecule has 0 aliphatic heterocycles. The summed E-state index contributed by atoms with van der Waals surface area (Å²) >= 11 is 0. The SMILES string of the molecule is N#CCc1ccc(Oc2cccc(C=O)c2)cc1. The van der Waals surface area contributed by atoms with Gasteiger partial charge in [-0.05, 0) is 29.8 Å². The van der Waals surface area contributed by atoms with E-state index in [1.165, 1.54) is 0 Å². The van der Waals surface area contributed by atoms with Gasteiger partial charge in [-0.15, -0.1) is 0 Å². The van der Waals surface area contributed by atoms with Crippen molar-refractivity contribution >= 4 is 6.29 Å². The minimum absolute atomic E-state index is 0.390. The van der Waals surface area contributed by atoms with Crippen LogP contribution in [-0.4, -0.2) is 6.29 Å². The molecule has 0 saturated carbocycles. The van der Waals surface area contributed by atoms with E-state index in [4.69, 9.17) is 10.00 Å². The normalized spacial score (nSPS) is 9.50. The molecule has 3 heteroatoms. The van der Waals surface area contributed by atoms with Crippen LogP contribution in [0.15, 0.2) is 48.5 Å². The number of nitriles is 1. The number of rotatable bonds is 4. The summed E-state index contributed by atoms with van der Waals surface area (Å²) in [5, 5.41) is 8.57. The van der Waals surface area contributed by atoms with Gasteiger partial charge in [0.25, 0.3) is 0 Å². The van der Waals surface area contributed by atoms with Crippen molar-refractivity contribution in [3.63, 3.8) is 0 Å². The molecule has 0 aromatic heterocycles.